The number of carbonyl (C=O) groups excluding carboxylic acids is 2. The summed E-state index contributed by atoms with van der Waals surface area (Å²) in [5.74, 6) is -0.299. The van der Waals surface area contributed by atoms with Gasteiger partial charge >= 0.3 is 0 Å². The molecule has 0 spiro atoms. The van der Waals surface area contributed by atoms with E-state index in [1.165, 1.54) is 17.4 Å². The number of amides is 2. The maximum absolute atomic E-state index is 12.2. The second-order valence-electron chi connectivity index (χ2n) is 5.93. The van der Waals surface area contributed by atoms with Gasteiger partial charge in [0.15, 0.2) is 0 Å². The molecule has 5 heteroatoms. The van der Waals surface area contributed by atoms with Crippen molar-refractivity contribution >= 4 is 23.2 Å². The molecule has 0 aliphatic rings. The summed E-state index contributed by atoms with van der Waals surface area (Å²) in [7, 11) is 0. The van der Waals surface area contributed by atoms with Crippen molar-refractivity contribution in [3.05, 3.63) is 59.2 Å². The van der Waals surface area contributed by atoms with Gasteiger partial charge in [0.2, 0.25) is 11.8 Å². The smallest absolute Gasteiger partial charge is 0.226 e. The Morgan fingerprint density at radius 2 is 1.76 bits per heavy atom. The standard InChI is InChI=1S/C20H21N3O2/c1-14-4-7-18(12-15(14)2)22-20(25)10-11-23(16(3)24)19-8-5-17(13-21)6-9-19/h4-9,12H,10-11H2,1-3H3,(H,22,25). The molecule has 2 amide bonds. The normalized spacial score (nSPS) is 10.0. The van der Waals surface area contributed by atoms with Crippen LogP contribution in [-0.2, 0) is 9.59 Å². The molecular weight excluding hydrogens is 314 g/mol. The van der Waals surface area contributed by atoms with Crippen LogP contribution in [0.5, 0.6) is 0 Å². The third-order valence-electron chi connectivity index (χ3n) is 4.04. The Balaban J connectivity index is 2.00. The van der Waals surface area contributed by atoms with Gasteiger partial charge in [-0.05, 0) is 61.4 Å². The maximum Gasteiger partial charge on any atom is 0.226 e. The molecule has 2 aromatic carbocycles. The van der Waals surface area contributed by atoms with Crippen LogP contribution < -0.4 is 10.2 Å². The number of benzene rings is 2. The molecule has 128 valence electrons. The summed E-state index contributed by atoms with van der Waals surface area (Å²) in [5.41, 5.74) is 4.23. The Morgan fingerprint density at radius 1 is 1.08 bits per heavy atom. The highest BCUT2D eigenvalue weighted by Crippen LogP contribution is 2.17. The lowest BCUT2D eigenvalue weighted by atomic mass is 10.1. The van der Waals surface area contributed by atoms with Crippen molar-refractivity contribution < 1.29 is 9.59 Å². The molecule has 0 saturated carbocycles. The molecule has 2 rings (SSSR count). The highest BCUT2D eigenvalue weighted by Gasteiger charge is 2.13. The van der Waals surface area contributed by atoms with Crippen LogP contribution in [0.4, 0.5) is 11.4 Å². The lowest BCUT2D eigenvalue weighted by Gasteiger charge is -2.21. The SMILES string of the molecule is CC(=O)N(CCC(=O)Nc1ccc(C)c(C)c1)c1ccc(C#N)cc1. The van der Waals surface area contributed by atoms with Crippen molar-refractivity contribution in [2.45, 2.75) is 27.2 Å². The molecular formula is C20H21N3O2. The quantitative estimate of drug-likeness (QED) is 0.908. The monoisotopic (exact) mass is 335 g/mol. The van der Waals surface area contributed by atoms with Crippen LogP contribution in [0.15, 0.2) is 42.5 Å². The summed E-state index contributed by atoms with van der Waals surface area (Å²) >= 11 is 0. The Hall–Kier alpha value is -3.13. The Kier molecular flexibility index (Phi) is 5.91. The number of carbonyl (C=O) groups is 2. The first-order valence-electron chi connectivity index (χ1n) is 8.06. The van der Waals surface area contributed by atoms with E-state index in [0.717, 1.165) is 11.3 Å². The van der Waals surface area contributed by atoms with E-state index in [9.17, 15) is 9.59 Å². The van der Waals surface area contributed by atoms with Gasteiger partial charge in [-0.1, -0.05) is 6.07 Å². The van der Waals surface area contributed by atoms with Crippen LogP contribution >= 0.6 is 0 Å². The molecule has 0 unspecified atom stereocenters. The average molecular weight is 335 g/mol. The minimum absolute atomic E-state index is 0.149. The topological polar surface area (TPSA) is 73.2 Å². The van der Waals surface area contributed by atoms with Crippen LogP contribution in [0.3, 0.4) is 0 Å². The Labute approximate surface area is 147 Å². The summed E-state index contributed by atoms with van der Waals surface area (Å²) < 4.78 is 0. The maximum atomic E-state index is 12.2. The minimum atomic E-state index is -0.150. The number of hydrogen-bond acceptors (Lipinski definition) is 3. The van der Waals surface area contributed by atoms with E-state index in [4.69, 9.17) is 5.26 Å². The summed E-state index contributed by atoms with van der Waals surface area (Å²) in [6, 6.07) is 14.5. The predicted molar refractivity (Wildman–Crippen MR) is 98.3 cm³/mol. The molecule has 0 radical (unpaired) electrons. The Bertz CT molecular complexity index is 820. The van der Waals surface area contributed by atoms with E-state index in [1.54, 1.807) is 24.3 Å². The van der Waals surface area contributed by atoms with Crippen LogP contribution in [0.1, 0.15) is 30.0 Å². The van der Waals surface area contributed by atoms with Crippen molar-refractivity contribution in [3.8, 4) is 6.07 Å². The predicted octanol–water partition coefficient (Wildman–Crippen LogP) is 3.56. The zero-order valence-electron chi connectivity index (χ0n) is 14.7. The van der Waals surface area contributed by atoms with E-state index < -0.39 is 0 Å². The van der Waals surface area contributed by atoms with Crippen molar-refractivity contribution in [3.63, 3.8) is 0 Å². The van der Waals surface area contributed by atoms with E-state index in [-0.39, 0.29) is 24.8 Å². The van der Waals surface area contributed by atoms with Gasteiger partial charge in [0.25, 0.3) is 0 Å². The van der Waals surface area contributed by atoms with Gasteiger partial charge in [0.1, 0.15) is 0 Å². The second-order valence-corrected chi connectivity index (χ2v) is 5.93. The fourth-order valence-corrected chi connectivity index (χ4v) is 2.44. The number of anilines is 2. The number of rotatable bonds is 5. The first kappa shape index (κ1) is 18.2. The first-order valence-corrected chi connectivity index (χ1v) is 8.06. The number of aryl methyl sites for hydroxylation is 2. The molecule has 0 bridgehead atoms. The van der Waals surface area contributed by atoms with Crippen molar-refractivity contribution in [2.24, 2.45) is 0 Å². The van der Waals surface area contributed by atoms with Crippen molar-refractivity contribution in [1.82, 2.24) is 0 Å². The van der Waals surface area contributed by atoms with Crippen molar-refractivity contribution in [2.75, 3.05) is 16.8 Å². The number of hydrogen-bond donors (Lipinski definition) is 1. The van der Waals surface area contributed by atoms with Crippen LogP contribution in [0.2, 0.25) is 0 Å². The van der Waals surface area contributed by atoms with E-state index in [0.29, 0.717) is 11.3 Å². The molecule has 0 aliphatic carbocycles. The molecule has 0 aliphatic heterocycles. The molecule has 0 saturated heterocycles. The van der Waals surface area contributed by atoms with E-state index in [1.807, 2.05) is 38.1 Å². The van der Waals surface area contributed by atoms with Gasteiger partial charge < -0.3 is 10.2 Å². The van der Waals surface area contributed by atoms with Crippen LogP contribution in [-0.4, -0.2) is 18.4 Å². The fraction of sp³-hybridized carbons (Fsp3) is 0.250. The molecule has 0 aromatic heterocycles. The van der Waals surface area contributed by atoms with Gasteiger partial charge in [-0.2, -0.15) is 5.26 Å². The summed E-state index contributed by atoms with van der Waals surface area (Å²) in [6.07, 6.45) is 0.187. The van der Waals surface area contributed by atoms with Gasteiger partial charge in [0, 0.05) is 31.3 Å². The zero-order valence-corrected chi connectivity index (χ0v) is 14.7. The second kappa shape index (κ2) is 8.11. The zero-order chi connectivity index (χ0) is 18.4. The Morgan fingerprint density at radius 3 is 2.32 bits per heavy atom. The van der Waals surface area contributed by atoms with Gasteiger partial charge in [-0.25, -0.2) is 0 Å². The summed E-state index contributed by atoms with van der Waals surface area (Å²) in [6.45, 7) is 5.74. The number of nitrogens with one attached hydrogen (secondary N) is 1. The van der Waals surface area contributed by atoms with E-state index >= 15 is 0 Å². The molecule has 0 fully saturated rings. The third-order valence-corrected chi connectivity index (χ3v) is 4.04. The number of nitrogens with zero attached hydrogens (tertiary/aromatic N) is 2. The largest absolute Gasteiger partial charge is 0.326 e. The van der Waals surface area contributed by atoms with E-state index in [2.05, 4.69) is 5.32 Å². The lowest BCUT2D eigenvalue weighted by Crippen LogP contribution is -2.31. The molecule has 0 atom stereocenters. The summed E-state index contributed by atoms with van der Waals surface area (Å²) in [4.78, 5) is 25.6. The molecule has 0 heterocycles. The van der Waals surface area contributed by atoms with Crippen molar-refractivity contribution in [1.29, 1.82) is 5.26 Å². The lowest BCUT2D eigenvalue weighted by molar-refractivity contribution is -0.117. The summed E-state index contributed by atoms with van der Waals surface area (Å²) in [5, 5.41) is 11.7. The van der Waals surface area contributed by atoms with Crippen LogP contribution in [0.25, 0.3) is 0 Å². The first-order chi connectivity index (χ1) is 11.9. The number of nitriles is 1. The third kappa shape index (κ3) is 4.92. The van der Waals surface area contributed by atoms with Gasteiger partial charge in [-0.15, -0.1) is 0 Å². The van der Waals surface area contributed by atoms with Crippen LogP contribution in [0, 0.1) is 25.2 Å². The average Bonchev–Trinajstić information content (AvgIpc) is 2.58. The van der Waals surface area contributed by atoms with Gasteiger partial charge in [0.05, 0.1) is 11.6 Å². The van der Waals surface area contributed by atoms with Gasteiger partial charge in [-0.3, -0.25) is 9.59 Å². The molecule has 25 heavy (non-hydrogen) atoms. The minimum Gasteiger partial charge on any atom is -0.326 e. The highest BCUT2D eigenvalue weighted by atomic mass is 16.2. The molecule has 5 nitrogen and oxygen atoms in total. The molecule has 2 aromatic rings. The highest BCUT2D eigenvalue weighted by molar-refractivity contribution is 5.94. The molecule has 1 N–H and O–H groups in total. The fourth-order valence-electron chi connectivity index (χ4n) is 2.44.